The average molecular weight is 748 g/mol. The van der Waals surface area contributed by atoms with Gasteiger partial charge in [0.2, 0.25) is 0 Å². The van der Waals surface area contributed by atoms with E-state index < -0.39 is 5.41 Å². The summed E-state index contributed by atoms with van der Waals surface area (Å²) < 4.78 is 0. The summed E-state index contributed by atoms with van der Waals surface area (Å²) in [5.74, 6) is 0. The van der Waals surface area contributed by atoms with Crippen molar-refractivity contribution in [2.45, 2.75) is 57.3 Å². The van der Waals surface area contributed by atoms with Crippen LogP contribution in [0.1, 0.15) is 72.6 Å². The molecule has 0 amide bonds. The van der Waals surface area contributed by atoms with E-state index in [0.717, 1.165) is 17.1 Å². The fourth-order valence-electron chi connectivity index (χ4n) is 9.76. The minimum absolute atomic E-state index is 0.0470. The van der Waals surface area contributed by atoms with Crippen LogP contribution < -0.4 is 4.90 Å². The Morgan fingerprint density at radius 3 is 1.62 bits per heavy atom. The summed E-state index contributed by atoms with van der Waals surface area (Å²) in [6, 6.07) is 72.9. The Hall–Kier alpha value is -6.44. The van der Waals surface area contributed by atoms with Crippen LogP contribution in [-0.4, -0.2) is 0 Å². The third-order valence-corrected chi connectivity index (χ3v) is 12.7. The first-order chi connectivity index (χ1) is 28.4. The molecule has 0 saturated carbocycles. The van der Waals surface area contributed by atoms with E-state index in [1.165, 1.54) is 98.0 Å². The van der Waals surface area contributed by atoms with Crippen LogP contribution in [0.5, 0.6) is 0 Å². The number of hydrogen-bond acceptors (Lipinski definition) is 1. The van der Waals surface area contributed by atoms with Gasteiger partial charge in [0.25, 0.3) is 0 Å². The zero-order valence-electron chi connectivity index (χ0n) is 33.8. The summed E-state index contributed by atoms with van der Waals surface area (Å²) in [7, 11) is 0. The summed E-state index contributed by atoms with van der Waals surface area (Å²) >= 11 is 0. The van der Waals surface area contributed by atoms with Crippen LogP contribution in [0.15, 0.2) is 194 Å². The summed E-state index contributed by atoms with van der Waals surface area (Å²) in [6.07, 6.45) is 4.96. The molecule has 0 aliphatic heterocycles. The molecule has 1 heteroatoms. The van der Waals surface area contributed by atoms with Crippen LogP contribution in [0.25, 0.3) is 33.4 Å². The van der Waals surface area contributed by atoms with Gasteiger partial charge in [0.15, 0.2) is 0 Å². The van der Waals surface area contributed by atoms with E-state index >= 15 is 0 Å². The molecule has 0 saturated heterocycles. The molecule has 0 aromatic heterocycles. The molecular weight excluding hydrogens is 699 g/mol. The third kappa shape index (κ3) is 6.09. The topological polar surface area (TPSA) is 3.24 Å². The molecule has 10 rings (SSSR count). The summed E-state index contributed by atoms with van der Waals surface area (Å²) in [6.45, 7) is 6.86. The molecule has 1 nitrogen and oxygen atoms in total. The zero-order valence-corrected chi connectivity index (χ0v) is 33.8. The molecule has 0 heterocycles. The molecule has 0 N–H and O–H groups in total. The maximum absolute atomic E-state index is 2.52. The van der Waals surface area contributed by atoms with Gasteiger partial charge in [-0.2, -0.15) is 0 Å². The van der Waals surface area contributed by atoms with Gasteiger partial charge >= 0.3 is 0 Å². The Labute approximate surface area is 344 Å². The number of nitrogens with zero attached hydrogens (tertiary/aromatic N) is 1. The fourth-order valence-corrected chi connectivity index (χ4v) is 9.76. The van der Waals surface area contributed by atoms with Crippen LogP contribution >= 0.6 is 0 Å². The summed E-state index contributed by atoms with van der Waals surface area (Å²) in [5, 5.41) is 0. The molecule has 0 fully saturated rings. The number of anilines is 3. The van der Waals surface area contributed by atoms with E-state index in [1.54, 1.807) is 0 Å². The lowest BCUT2D eigenvalue weighted by molar-refractivity contribution is 0.590. The Balaban J connectivity index is 1.25. The maximum atomic E-state index is 2.52. The lowest BCUT2D eigenvalue weighted by Crippen LogP contribution is -2.28. The van der Waals surface area contributed by atoms with E-state index in [-0.39, 0.29) is 5.41 Å². The molecule has 2 aliphatic carbocycles. The van der Waals surface area contributed by atoms with Crippen LogP contribution in [0.3, 0.4) is 0 Å². The Morgan fingerprint density at radius 1 is 0.414 bits per heavy atom. The van der Waals surface area contributed by atoms with Crippen molar-refractivity contribution in [1.82, 2.24) is 0 Å². The smallest absolute Gasteiger partial charge is 0.0714 e. The van der Waals surface area contributed by atoms with Gasteiger partial charge in [0.05, 0.1) is 11.1 Å². The van der Waals surface area contributed by atoms with E-state index in [0.29, 0.717) is 0 Å². The van der Waals surface area contributed by atoms with Gasteiger partial charge in [0, 0.05) is 16.9 Å². The molecular formula is C57H49N. The SMILES string of the molecule is CC(C)(C)c1ccc(N(c2ccccc2)c2cc3c(cc2-c2ccc(-c4ccc5c(c4)CCCC5)cc2)-c2ccccc2C3(c2ccccc2)c2ccccc2)cc1. The molecule has 8 aromatic rings. The van der Waals surface area contributed by atoms with Gasteiger partial charge in [-0.05, 0) is 134 Å². The second-order valence-corrected chi connectivity index (χ2v) is 17.2. The first kappa shape index (κ1) is 35.9. The maximum Gasteiger partial charge on any atom is 0.0714 e. The van der Waals surface area contributed by atoms with Gasteiger partial charge in [-0.1, -0.05) is 178 Å². The number of rotatable bonds is 7. The van der Waals surface area contributed by atoms with Crippen LogP contribution in [0.2, 0.25) is 0 Å². The number of aryl methyl sites for hydroxylation is 2. The van der Waals surface area contributed by atoms with Gasteiger partial charge in [-0.25, -0.2) is 0 Å². The van der Waals surface area contributed by atoms with Crippen LogP contribution in [-0.2, 0) is 23.7 Å². The van der Waals surface area contributed by atoms with Crippen molar-refractivity contribution in [3.63, 3.8) is 0 Å². The highest BCUT2D eigenvalue weighted by Crippen LogP contribution is 2.59. The number of fused-ring (bicyclic) bond motifs is 4. The van der Waals surface area contributed by atoms with Crippen molar-refractivity contribution in [3.8, 4) is 33.4 Å². The lowest BCUT2D eigenvalue weighted by atomic mass is 9.67. The van der Waals surface area contributed by atoms with Gasteiger partial charge in [-0.15, -0.1) is 0 Å². The van der Waals surface area contributed by atoms with Gasteiger partial charge < -0.3 is 4.90 Å². The van der Waals surface area contributed by atoms with Gasteiger partial charge in [0.1, 0.15) is 0 Å². The molecule has 58 heavy (non-hydrogen) atoms. The van der Waals surface area contributed by atoms with Crippen molar-refractivity contribution in [1.29, 1.82) is 0 Å². The molecule has 282 valence electrons. The molecule has 0 spiro atoms. The standard InChI is InChI=1S/C57H49N/c1-56(2,3)45-33-35-49(36-34-45)58(48-23-11-6-12-24-48)55-39-54-52(38-51(55)42-30-27-41(28-31-42)44-32-29-40-17-13-14-18-43(40)37-44)50-25-15-16-26-53(50)57(54,46-19-7-4-8-20-46)47-21-9-5-10-22-47/h4-12,15-16,19-39H,13-14,17-18H2,1-3H3. The number of hydrogen-bond donors (Lipinski definition) is 0. The fraction of sp³-hybridized carbons (Fsp3) is 0.158. The summed E-state index contributed by atoms with van der Waals surface area (Å²) in [5.41, 5.74) is 19.9. The Morgan fingerprint density at radius 2 is 0.966 bits per heavy atom. The highest BCUT2D eigenvalue weighted by atomic mass is 15.1. The van der Waals surface area contributed by atoms with E-state index in [9.17, 15) is 0 Å². The predicted octanol–water partition coefficient (Wildman–Crippen LogP) is 15.0. The zero-order chi connectivity index (χ0) is 39.3. The molecule has 0 bridgehead atoms. The average Bonchev–Trinajstić information content (AvgIpc) is 3.57. The predicted molar refractivity (Wildman–Crippen MR) is 245 cm³/mol. The minimum Gasteiger partial charge on any atom is -0.310 e. The molecule has 0 unspecified atom stereocenters. The van der Waals surface area contributed by atoms with Crippen LogP contribution in [0.4, 0.5) is 17.1 Å². The van der Waals surface area contributed by atoms with Crippen molar-refractivity contribution in [3.05, 3.63) is 233 Å². The quantitative estimate of drug-likeness (QED) is 0.157. The summed E-state index contributed by atoms with van der Waals surface area (Å²) in [4.78, 5) is 2.48. The normalized spacial score (nSPS) is 14.0. The van der Waals surface area contributed by atoms with E-state index in [2.05, 4.69) is 220 Å². The largest absolute Gasteiger partial charge is 0.310 e. The Kier molecular flexibility index (Phi) is 8.98. The van der Waals surface area contributed by atoms with Crippen molar-refractivity contribution >= 4 is 17.1 Å². The van der Waals surface area contributed by atoms with Crippen LogP contribution in [0, 0.1) is 0 Å². The molecule has 2 aliphatic rings. The van der Waals surface area contributed by atoms with Crippen molar-refractivity contribution in [2.75, 3.05) is 4.90 Å². The second kappa shape index (κ2) is 14.5. The highest BCUT2D eigenvalue weighted by Gasteiger charge is 2.46. The Bertz CT molecular complexity index is 2680. The van der Waals surface area contributed by atoms with E-state index in [4.69, 9.17) is 0 Å². The first-order valence-corrected chi connectivity index (χ1v) is 21.0. The molecule has 0 atom stereocenters. The third-order valence-electron chi connectivity index (χ3n) is 12.7. The first-order valence-electron chi connectivity index (χ1n) is 21.0. The highest BCUT2D eigenvalue weighted by molar-refractivity contribution is 5.96. The monoisotopic (exact) mass is 747 g/mol. The van der Waals surface area contributed by atoms with E-state index in [1.807, 2.05) is 0 Å². The number of benzene rings is 8. The van der Waals surface area contributed by atoms with Crippen molar-refractivity contribution < 1.29 is 0 Å². The second-order valence-electron chi connectivity index (χ2n) is 17.2. The lowest BCUT2D eigenvalue weighted by Gasteiger charge is -2.35. The number of para-hydroxylation sites is 1. The van der Waals surface area contributed by atoms with Crippen molar-refractivity contribution in [2.24, 2.45) is 0 Å². The van der Waals surface area contributed by atoms with Gasteiger partial charge in [-0.3, -0.25) is 0 Å². The minimum atomic E-state index is -0.517. The molecule has 0 radical (unpaired) electrons. The molecule has 8 aromatic carbocycles.